The van der Waals surface area contributed by atoms with E-state index in [4.69, 9.17) is 10.2 Å². The van der Waals surface area contributed by atoms with Crippen LogP contribution in [0.25, 0.3) is 10.9 Å². The number of hydrogen-bond acceptors (Lipinski definition) is 4. The Bertz CT molecular complexity index is 1190. The van der Waals surface area contributed by atoms with Crippen LogP contribution in [0.1, 0.15) is 27.4 Å². The zero-order chi connectivity index (χ0) is 23.3. The number of rotatable bonds is 6. The van der Waals surface area contributed by atoms with Gasteiger partial charge in [0.25, 0.3) is 5.91 Å². The van der Waals surface area contributed by atoms with E-state index in [2.05, 4.69) is 27.2 Å². The van der Waals surface area contributed by atoms with Crippen LogP contribution in [0.2, 0.25) is 0 Å². The summed E-state index contributed by atoms with van der Waals surface area (Å²) in [7, 11) is 0. The van der Waals surface area contributed by atoms with E-state index in [1.807, 2.05) is 36.1 Å². The lowest BCUT2D eigenvalue weighted by atomic mass is 10.0. The van der Waals surface area contributed by atoms with Crippen molar-refractivity contribution in [1.82, 2.24) is 19.4 Å². The van der Waals surface area contributed by atoms with Gasteiger partial charge in [0.15, 0.2) is 0 Å². The summed E-state index contributed by atoms with van der Waals surface area (Å²) < 4.78 is 2.21. The second-order valence-corrected chi connectivity index (χ2v) is 7.20. The van der Waals surface area contributed by atoms with Gasteiger partial charge in [-0.3, -0.25) is 4.79 Å². The minimum Gasteiger partial charge on any atom is -0.478 e. The van der Waals surface area contributed by atoms with Crippen molar-refractivity contribution >= 4 is 28.7 Å². The number of carboxylic acid groups (broad SMARTS) is 2. The quantitative estimate of drug-likeness (QED) is 0.403. The number of aryl methyl sites for hydroxylation is 1. The molecule has 9 nitrogen and oxygen atoms in total. The number of hydrogen-bond donors (Lipinski definition) is 3. The van der Waals surface area contributed by atoms with Crippen molar-refractivity contribution in [2.24, 2.45) is 0 Å². The van der Waals surface area contributed by atoms with Crippen molar-refractivity contribution < 1.29 is 24.6 Å². The van der Waals surface area contributed by atoms with Gasteiger partial charge in [0, 0.05) is 54.0 Å². The Morgan fingerprint density at radius 1 is 1.22 bits per heavy atom. The molecule has 32 heavy (non-hydrogen) atoms. The van der Waals surface area contributed by atoms with E-state index >= 15 is 0 Å². The number of carbonyl (C=O) groups excluding carboxylic acids is 1. The number of nitrogens with one attached hydrogen (secondary N) is 1. The van der Waals surface area contributed by atoms with Crippen LogP contribution in [-0.4, -0.2) is 54.0 Å². The molecular formula is C23H24N4O5. The van der Waals surface area contributed by atoms with Crippen LogP contribution in [0, 0.1) is 6.92 Å². The summed E-state index contributed by atoms with van der Waals surface area (Å²) in [6.45, 7) is 7.83. The van der Waals surface area contributed by atoms with Crippen molar-refractivity contribution in [3.8, 4) is 0 Å². The van der Waals surface area contributed by atoms with Gasteiger partial charge in [-0.05, 0) is 13.0 Å². The molecule has 3 aromatic rings. The van der Waals surface area contributed by atoms with Crippen molar-refractivity contribution in [1.29, 1.82) is 0 Å². The number of carboxylic acids is 2. The van der Waals surface area contributed by atoms with Gasteiger partial charge < -0.3 is 24.7 Å². The highest BCUT2D eigenvalue weighted by atomic mass is 16.4. The second kappa shape index (κ2) is 9.78. The van der Waals surface area contributed by atoms with E-state index in [1.54, 1.807) is 6.33 Å². The summed E-state index contributed by atoms with van der Waals surface area (Å²) in [5.74, 6) is -2.42. The molecule has 1 aromatic carbocycles. The molecule has 9 heteroatoms. The van der Waals surface area contributed by atoms with E-state index in [9.17, 15) is 14.4 Å². The monoisotopic (exact) mass is 436 g/mol. The van der Waals surface area contributed by atoms with Crippen LogP contribution < -0.4 is 0 Å². The fraction of sp³-hybridized carbons (Fsp3) is 0.217. The van der Waals surface area contributed by atoms with Crippen LogP contribution in [-0.2, 0) is 29.1 Å². The average molecular weight is 436 g/mol. The summed E-state index contributed by atoms with van der Waals surface area (Å²) in [4.78, 5) is 41.5. The first kappa shape index (κ1) is 22.5. The molecule has 0 spiro atoms. The average Bonchev–Trinajstić information content (AvgIpc) is 3.31. The van der Waals surface area contributed by atoms with E-state index < -0.39 is 11.9 Å². The molecule has 0 bridgehead atoms. The number of carbonyl (C=O) groups is 3. The highest BCUT2D eigenvalue weighted by Crippen LogP contribution is 2.31. The zero-order valence-corrected chi connectivity index (χ0v) is 17.6. The molecule has 0 aliphatic carbocycles. The number of imidazole rings is 1. The first-order chi connectivity index (χ1) is 15.3. The second-order valence-electron chi connectivity index (χ2n) is 7.20. The van der Waals surface area contributed by atoms with E-state index in [0.717, 1.165) is 46.5 Å². The van der Waals surface area contributed by atoms with Gasteiger partial charge in [-0.2, -0.15) is 0 Å². The third-order valence-corrected chi connectivity index (χ3v) is 5.15. The SMILES string of the molecule is C=CCn1c2c(c3ccccc31)C(=O)N(Cc1nc[nH]c1C)CC2.O=C(O)/C=C\C(=O)O. The molecule has 0 unspecified atom stereocenters. The summed E-state index contributed by atoms with van der Waals surface area (Å²) in [5, 5.41) is 16.7. The highest BCUT2D eigenvalue weighted by Gasteiger charge is 2.30. The van der Waals surface area contributed by atoms with Gasteiger partial charge in [-0.15, -0.1) is 6.58 Å². The number of aromatic nitrogens is 3. The summed E-state index contributed by atoms with van der Waals surface area (Å²) in [5.41, 5.74) is 5.01. The predicted octanol–water partition coefficient (Wildman–Crippen LogP) is 2.77. The number of benzene rings is 1. The fourth-order valence-electron chi connectivity index (χ4n) is 3.71. The molecule has 3 N–H and O–H groups in total. The number of fused-ring (bicyclic) bond motifs is 3. The predicted molar refractivity (Wildman–Crippen MR) is 118 cm³/mol. The Balaban J connectivity index is 0.000000312. The van der Waals surface area contributed by atoms with Crippen molar-refractivity contribution in [3.05, 3.63) is 78.0 Å². The summed E-state index contributed by atoms with van der Waals surface area (Å²) in [6, 6.07) is 8.12. The minimum absolute atomic E-state index is 0.0951. The molecule has 0 saturated heterocycles. The Morgan fingerprint density at radius 3 is 2.50 bits per heavy atom. The molecule has 1 aliphatic rings. The zero-order valence-electron chi connectivity index (χ0n) is 17.6. The number of aromatic amines is 1. The molecule has 0 atom stereocenters. The molecule has 0 radical (unpaired) electrons. The van der Waals surface area contributed by atoms with E-state index in [0.29, 0.717) is 25.2 Å². The van der Waals surface area contributed by atoms with Crippen LogP contribution >= 0.6 is 0 Å². The van der Waals surface area contributed by atoms with Gasteiger partial charge in [0.2, 0.25) is 0 Å². The van der Waals surface area contributed by atoms with Gasteiger partial charge in [-0.25, -0.2) is 14.6 Å². The fourth-order valence-corrected chi connectivity index (χ4v) is 3.71. The van der Waals surface area contributed by atoms with E-state index in [1.165, 1.54) is 0 Å². The number of nitrogens with zero attached hydrogens (tertiary/aromatic N) is 3. The van der Waals surface area contributed by atoms with Crippen LogP contribution in [0.4, 0.5) is 0 Å². The molecule has 0 saturated carbocycles. The lowest BCUT2D eigenvalue weighted by Gasteiger charge is -2.27. The third-order valence-electron chi connectivity index (χ3n) is 5.15. The van der Waals surface area contributed by atoms with Crippen molar-refractivity contribution in [2.45, 2.75) is 26.4 Å². The largest absolute Gasteiger partial charge is 0.478 e. The minimum atomic E-state index is -1.26. The topological polar surface area (TPSA) is 129 Å². The molecule has 166 valence electrons. The van der Waals surface area contributed by atoms with E-state index in [-0.39, 0.29) is 5.91 Å². The van der Waals surface area contributed by atoms with Gasteiger partial charge in [0.05, 0.1) is 24.1 Å². The molecule has 0 fully saturated rings. The highest BCUT2D eigenvalue weighted by molar-refractivity contribution is 6.09. The molecule has 3 heterocycles. The van der Waals surface area contributed by atoms with Crippen molar-refractivity contribution in [2.75, 3.05) is 6.54 Å². The van der Waals surface area contributed by atoms with Crippen LogP contribution in [0.5, 0.6) is 0 Å². The third kappa shape index (κ3) is 4.77. The van der Waals surface area contributed by atoms with Crippen molar-refractivity contribution in [3.63, 3.8) is 0 Å². The maximum Gasteiger partial charge on any atom is 0.328 e. The lowest BCUT2D eigenvalue weighted by Crippen LogP contribution is -2.37. The maximum absolute atomic E-state index is 13.1. The van der Waals surface area contributed by atoms with Gasteiger partial charge in [-0.1, -0.05) is 24.3 Å². The van der Waals surface area contributed by atoms with Gasteiger partial charge >= 0.3 is 11.9 Å². The Labute approximate surface area is 184 Å². The molecule has 1 amide bonds. The number of H-pyrrole nitrogens is 1. The molecule has 4 rings (SSSR count). The maximum atomic E-state index is 13.1. The number of aliphatic carboxylic acids is 2. The Hall–Kier alpha value is -4.14. The standard InChI is InChI=1S/C19H20N4O.C4H4O4/c1-3-9-23-16-7-5-4-6-14(16)18-17(23)8-10-22(19(18)24)11-15-13(2)20-12-21-15;5-3(6)1-2-4(7)8/h3-7,12H,1,8-11H2,2H3,(H,20,21);1-2H,(H,5,6)(H,7,8)/b;2-1-. The molecular weight excluding hydrogens is 412 g/mol. The first-order valence-corrected chi connectivity index (χ1v) is 9.96. The Kier molecular flexibility index (Phi) is 6.89. The number of para-hydroxylation sites is 1. The summed E-state index contributed by atoms with van der Waals surface area (Å²) in [6.07, 6.45) is 5.54. The number of amides is 1. The summed E-state index contributed by atoms with van der Waals surface area (Å²) >= 11 is 0. The van der Waals surface area contributed by atoms with Gasteiger partial charge in [0.1, 0.15) is 0 Å². The number of allylic oxidation sites excluding steroid dienone is 1. The Morgan fingerprint density at radius 2 is 1.91 bits per heavy atom. The first-order valence-electron chi connectivity index (χ1n) is 9.96. The lowest BCUT2D eigenvalue weighted by molar-refractivity contribution is -0.134. The van der Waals surface area contributed by atoms with Crippen LogP contribution in [0.3, 0.4) is 0 Å². The van der Waals surface area contributed by atoms with Crippen LogP contribution in [0.15, 0.2) is 55.4 Å². The molecule has 1 aliphatic heterocycles. The normalized spacial score (nSPS) is 13.0. The molecule has 2 aromatic heterocycles. The smallest absolute Gasteiger partial charge is 0.328 e.